The minimum atomic E-state index is -3.60. The molecule has 0 fully saturated rings. The van der Waals surface area contributed by atoms with Crippen LogP contribution in [0.5, 0.6) is 5.75 Å². The van der Waals surface area contributed by atoms with Gasteiger partial charge in [0.15, 0.2) is 5.71 Å². The lowest BCUT2D eigenvalue weighted by molar-refractivity contribution is -0.401. The Morgan fingerprint density at radius 1 is 0.845 bits per heavy atom. The first kappa shape index (κ1) is 43.1. The third-order valence-corrected chi connectivity index (χ3v) is 15.4. The van der Waals surface area contributed by atoms with Crippen LogP contribution in [-0.2, 0) is 37.3 Å². The number of anilines is 1. The summed E-state index contributed by atoms with van der Waals surface area (Å²) in [5, 5.41) is 2.43. The van der Waals surface area contributed by atoms with Crippen LogP contribution < -0.4 is 9.64 Å². The second kappa shape index (κ2) is 16.3. The molecule has 0 saturated carbocycles. The summed E-state index contributed by atoms with van der Waals surface area (Å²) in [6.45, 7) is 9.08. The molecular weight excluding hydrogens is 787 g/mol. The fraction of sp³-hybridized carbons (Fsp3) is 0.378. The number of nitrogens with zero attached hydrogens (tertiary/aromatic N) is 5. The summed E-state index contributed by atoms with van der Waals surface area (Å²) >= 11 is 4.73. The summed E-state index contributed by atoms with van der Waals surface area (Å²) in [6, 6.07) is 18.8. The van der Waals surface area contributed by atoms with E-state index in [1.807, 2.05) is 50.5 Å². The molecule has 58 heavy (non-hydrogen) atoms. The smallest absolute Gasteiger partial charge is 0.242 e. The summed E-state index contributed by atoms with van der Waals surface area (Å²) in [5.41, 5.74) is 8.20. The second-order valence-corrected chi connectivity index (χ2v) is 20.9. The van der Waals surface area contributed by atoms with Gasteiger partial charge in [0.1, 0.15) is 18.6 Å². The van der Waals surface area contributed by atoms with Crippen molar-refractivity contribution in [3.05, 3.63) is 124 Å². The highest BCUT2D eigenvalue weighted by Gasteiger charge is 2.44. The van der Waals surface area contributed by atoms with E-state index in [0.29, 0.717) is 6.54 Å². The van der Waals surface area contributed by atoms with Gasteiger partial charge in [-0.05, 0) is 129 Å². The van der Waals surface area contributed by atoms with Gasteiger partial charge >= 0.3 is 0 Å². The molecule has 0 spiro atoms. The van der Waals surface area contributed by atoms with Gasteiger partial charge in [-0.15, -0.1) is 0 Å². The van der Waals surface area contributed by atoms with Crippen molar-refractivity contribution in [1.82, 2.24) is 8.61 Å². The molecule has 1 aliphatic carbocycles. The Hall–Kier alpha value is -4.49. The fourth-order valence-electron chi connectivity index (χ4n) is 8.16. The predicted octanol–water partition coefficient (Wildman–Crippen LogP) is 8.15. The van der Waals surface area contributed by atoms with Gasteiger partial charge in [0, 0.05) is 69.7 Å². The van der Waals surface area contributed by atoms with Crippen LogP contribution in [0, 0.1) is 0 Å². The number of rotatable bonds is 12. The first-order valence-electron chi connectivity index (χ1n) is 19.3. The molecule has 13 heteroatoms. The van der Waals surface area contributed by atoms with Gasteiger partial charge in [-0.1, -0.05) is 32.1 Å². The standard InChI is InChI=1S/C45H54N5O5S3/c1-44(2)37-28-35(57(51,52)47(5)6)20-22-39(37)49(9)41(44)24-16-32-12-11-13-33(43(32)55-34-18-14-31(15-19-34)26-27-46-30-56)17-25-42-45(3,4)38-29-36(58(53,54)48(7)8)21-23-40(38)50(42)10/h14-25,28-29H,11-13,26-27H2,1-10H3/q+1. The van der Waals surface area contributed by atoms with Crippen molar-refractivity contribution in [2.45, 2.75) is 74.0 Å². The number of likely N-dealkylation sites (N-methyl/N-ethyl adjacent to an activating group) is 1. The van der Waals surface area contributed by atoms with Gasteiger partial charge in [0.25, 0.3) is 0 Å². The number of isothiocyanates is 1. The Labute approximate surface area is 350 Å². The minimum Gasteiger partial charge on any atom is -0.457 e. The number of ether oxygens (including phenoxy) is 1. The van der Waals surface area contributed by atoms with Gasteiger partial charge in [-0.2, -0.15) is 4.58 Å². The van der Waals surface area contributed by atoms with E-state index < -0.39 is 30.9 Å². The molecule has 2 heterocycles. The van der Waals surface area contributed by atoms with Crippen LogP contribution in [0.15, 0.2) is 122 Å². The van der Waals surface area contributed by atoms with Crippen molar-refractivity contribution >= 4 is 54.5 Å². The van der Waals surface area contributed by atoms with Gasteiger partial charge in [0.05, 0.1) is 26.9 Å². The van der Waals surface area contributed by atoms with Crippen molar-refractivity contribution < 1.29 is 26.1 Å². The Kier molecular flexibility index (Phi) is 12.1. The van der Waals surface area contributed by atoms with Crippen molar-refractivity contribution in [2.75, 3.05) is 53.7 Å². The lowest BCUT2D eigenvalue weighted by atomic mass is 9.81. The summed E-state index contributed by atoms with van der Waals surface area (Å²) in [7, 11) is 3.03. The molecule has 0 aromatic heterocycles. The van der Waals surface area contributed by atoms with E-state index in [0.717, 1.165) is 87.8 Å². The summed E-state index contributed by atoms with van der Waals surface area (Å²) in [4.78, 5) is 6.73. The van der Waals surface area contributed by atoms with E-state index >= 15 is 0 Å². The maximum atomic E-state index is 13.1. The van der Waals surface area contributed by atoms with E-state index in [1.54, 1.807) is 52.5 Å². The number of hydrogen-bond acceptors (Lipinski definition) is 8. The second-order valence-electron chi connectivity index (χ2n) is 16.4. The molecule has 0 radical (unpaired) electrons. The summed E-state index contributed by atoms with van der Waals surface area (Å²) < 4.78 is 63.8. The van der Waals surface area contributed by atoms with Crippen LogP contribution in [0.2, 0.25) is 0 Å². The van der Waals surface area contributed by atoms with Crippen LogP contribution in [-0.4, -0.2) is 89.7 Å². The molecule has 3 aromatic carbocycles. The minimum absolute atomic E-state index is 0.271. The zero-order chi connectivity index (χ0) is 42.4. The van der Waals surface area contributed by atoms with Crippen LogP contribution in [0.3, 0.4) is 0 Å². The number of benzene rings is 3. The van der Waals surface area contributed by atoms with Crippen LogP contribution in [0.25, 0.3) is 0 Å². The number of aliphatic imine (C=N–C) groups is 1. The molecule has 2 aliphatic heterocycles. The zero-order valence-corrected chi connectivity index (χ0v) is 37.6. The third kappa shape index (κ3) is 7.96. The van der Waals surface area contributed by atoms with Gasteiger partial charge < -0.3 is 9.64 Å². The maximum Gasteiger partial charge on any atom is 0.242 e. The quantitative estimate of drug-likeness (QED) is 0.103. The molecule has 3 aliphatic rings. The fourth-order valence-corrected chi connectivity index (χ4v) is 10.1. The zero-order valence-electron chi connectivity index (χ0n) is 35.1. The topological polar surface area (TPSA) is 103 Å². The molecule has 306 valence electrons. The number of fused-ring (bicyclic) bond motifs is 2. The van der Waals surface area contributed by atoms with Gasteiger partial charge in [0.2, 0.25) is 25.7 Å². The molecule has 10 nitrogen and oxygen atoms in total. The molecule has 0 N–H and O–H groups in total. The van der Waals surface area contributed by atoms with E-state index in [2.05, 4.69) is 71.6 Å². The van der Waals surface area contributed by atoms with Crippen molar-refractivity contribution in [3.8, 4) is 5.75 Å². The number of thiocarbonyl (C=S) groups is 1. The van der Waals surface area contributed by atoms with Crippen LogP contribution >= 0.6 is 12.2 Å². The lowest BCUT2D eigenvalue weighted by Gasteiger charge is -2.25. The molecule has 0 amide bonds. The van der Waals surface area contributed by atoms with E-state index in [-0.39, 0.29) is 9.79 Å². The third-order valence-electron chi connectivity index (χ3n) is 11.6. The Balaban J connectivity index is 1.41. The Morgan fingerprint density at radius 2 is 1.47 bits per heavy atom. The predicted molar refractivity (Wildman–Crippen MR) is 237 cm³/mol. The Bertz CT molecular complexity index is 2570. The first-order chi connectivity index (χ1) is 27.2. The lowest BCUT2D eigenvalue weighted by Crippen LogP contribution is -2.27. The van der Waals surface area contributed by atoms with Crippen LogP contribution in [0.4, 0.5) is 11.4 Å². The number of allylic oxidation sites excluding steroid dienone is 7. The maximum absolute atomic E-state index is 13.1. The van der Waals surface area contributed by atoms with Gasteiger partial charge in [-0.25, -0.2) is 30.4 Å². The van der Waals surface area contributed by atoms with Crippen molar-refractivity contribution in [1.29, 1.82) is 0 Å². The highest BCUT2D eigenvalue weighted by molar-refractivity contribution is 7.89. The summed E-state index contributed by atoms with van der Waals surface area (Å²) in [5.74, 6) is 1.51. The average Bonchev–Trinajstić information content (AvgIpc) is 3.49. The van der Waals surface area contributed by atoms with Crippen molar-refractivity contribution in [2.24, 2.45) is 4.99 Å². The normalized spacial score (nSPS) is 19.1. The van der Waals surface area contributed by atoms with E-state index in [1.165, 1.54) is 8.61 Å². The van der Waals surface area contributed by atoms with E-state index in [4.69, 9.17) is 17.0 Å². The molecule has 6 rings (SSSR count). The number of sulfonamides is 2. The van der Waals surface area contributed by atoms with Crippen LogP contribution in [0.1, 0.15) is 63.6 Å². The molecule has 0 unspecified atom stereocenters. The number of hydrogen-bond donors (Lipinski definition) is 0. The Morgan fingerprint density at radius 3 is 2.09 bits per heavy atom. The highest BCUT2D eigenvalue weighted by Crippen LogP contribution is 2.48. The van der Waals surface area contributed by atoms with Gasteiger partial charge in [-0.3, -0.25) is 0 Å². The monoisotopic (exact) mass is 840 g/mol. The molecule has 0 bridgehead atoms. The summed E-state index contributed by atoms with van der Waals surface area (Å²) in [6.07, 6.45) is 11.9. The SMILES string of the molecule is CN1/C(=C\C=C2\CCCC(/C=C/C3=[N+](C)c4ccc(S(=O)(=O)N(C)C)cc4C3(C)C)=C2Oc2ccc(CCN=C=S)cc2)C(C)(C)c2cc(S(=O)(=O)N(C)C)ccc21. The van der Waals surface area contributed by atoms with E-state index in [9.17, 15) is 16.8 Å². The largest absolute Gasteiger partial charge is 0.457 e. The molecular formula is C45H54N5O5S3+. The molecule has 0 atom stereocenters. The van der Waals surface area contributed by atoms with Crippen molar-refractivity contribution in [3.63, 3.8) is 0 Å². The molecule has 3 aromatic rings. The average molecular weight is 841 g/mol. The molecule has 0 saturated heterocycles. The first-order valence-corrected chi connectivity index (χ1v) is 22.6. The highest BCUT2D eigenvalue weighted by atomic mass is 32.2.